The van der Waals surface area contributed by atoms with E-state index in [0.717, 1.165) is 43.1 Å². The maximum absolute atomic E-state index is 5.84. The summed E-state index contributed by atoms with van der Waals surface area (Å²) in [6, 6.07) is 0.556. The topological polar surface area (TPSA) is 43.4 Å². The fourth-order valence-corrected chi connectivity index (χ4v) is 3.39. The molecule has 1 aliphatic heterocycles. The number of ether oxygens (including phenoxy) is 2. The average Bonchev–Trinajstić information content (AvgIpc) is 2.84. The third kappa shape index (κ3) is 5.13. The van der Waals surface area contributed by atoms with Crippen LogP contribution in [0, 0.1) is 5.92 Å². The molecule has 0 aliphatic carbocycles. The normalized spacial score (nSPS) is 23.4. The van der Waals surface area contributed by atoms with Gasteiger partial charge >= 0.3 is 0 Å². The highest BCUT2D eigenvalue weighted by Gasteiger charge is 2.22. The molecule has 0 aromatic carbocycles. The van der Waals surface area contributed by atoms with Crippen molar-refractivity contribution in [2.24, 2.45) is 5.92 Å². The quantitative estimate of drug-likeness (QED) is 0.840. The van der Waals surface area contributed by atoms with Crippen LogP contribution in [0.1, 0.15) is 43.8 Å². The van der Waals surface area contributed by atoms with E-state index >= 15 is 0 Å². The zero-order valence-corrected chi connectivity index (χ0v) is 13.5. The van der Waals surface area contributed by atoms with E-state index in [1.165, 1.54) is 0 Å². The number of hydrogen-bond acceptors (Lipinski definition) is 5. The van der Waals surface area contributed by atoms with Crippen LogP contribution in [0.2, 0.25) is 0 Å². The molecule has 5 heteroatoms. The summed E-state index contributed by atoms with van der Waals surface area (Å²) in [4.78, 5) is 4.55. The highest BCUT2D eigenvalue weighted by Crippen LogP contribution is 2.20. The summed E-state index contributed by atoms with van der Waals surface area (Å²) >= 11 is 1.67. The van der Waals surface area contributed by atoms with Gasteiger partial charge in [0, 0.05) is 31.7 Å². The second-order valence-corrected chi connectivity index (χ2v) is 6.83. The number of rotatable bonds is 7. The molecular weight excluding hydrogens is 272 g/mol. The van der Waals surface area contributed by atoms with Crippen molar-refractivity contribution in [3.05, 3.63) is 16.1 Å². The molecule has 0 unspecified atom stereocenters. The number of nitrogens with one attached hydrogen (secondary N) is 1. The molecule has 1 aromatic heterocycles. The second kappa shape index (κ2) is 8.08. The van der Waals surface area contributed by atoms with Crippen LogP contribution >= 0.6 is 11.3 Å². The van der Waals surface area contributed by atoms with Crippen LogP contribution < -0.4 is 5.32 Å². The van der Waals surface area contributed by atoms with Crippen LogP contribution in [0.4, 0.5) is 0 Å². The second-order valence-electron chi connectivity index (χ2n) is 5.89. The van der Waals surface area contributed by atoms with E-state index in [1.54, 1.807) is 18.4 Å². The van der Waals surface area contributed by atoms with Gasteiger partial charge in [0.1, 0.15) is 5.01 Å². The van der Waals surface area contributed by atoms with Gasteiger partial charge in [0.15, 0.2) is 0 Å². The Morgan fingerprint density at radius 3 is 3.15 bits per heavy atom. The minimum Gasteiger partial charge on any atom is -0.378 e. The standard InChI is InChI=1S/C15H26N2O2S/c1-11(2)6-14-7-12(4-5-19-14)16-8-13-10-20-15(17-13)9-18-3/h10-12,14,16H,4-9H2,1-3H3/t12-,14+/m0/s1. The fraction of sp³-hybridized carbons (Fsp3) is 0.800. The summed E-state index contributed by atoms with van der Waals surface area (Å²) in [5.74, 6) is 0.703. The van der Waals surface area contributed by atoms with Gasteiger partial charge in [-0.3, -0.25) is 0 Å². The van der Waals surface area contributed by atoms with Crippen LogP contribution in [-0.4, -0.2) is 30.8 Å². The Bertz CT molecular complexity index is 395. The summed E-state index contributed by atoms with van der Waals surface area (Å²) in [6.07, 6.45) is 3.80. The van der Waals surface area contributed by atoms with Crippen molar-refractivity contribution >= 4 is 11.3 Å². The Morgan fingerprint density at radius 1 is 1.55 bits per heavy atom. The zero-order valence-electron chi connectivity index (χ0n) is 12.7. The van der Waals surface area contributed by atoms with Gasteiger partial charge < -0.3 is 14.8 Å². The van der Waals surface area contributed by atoms with Gasteiger partial charge in [-0.05, 0) is 25.2 Å². The van der Waals surface area contributed by atoms with Gasteiger partial charge in [-0.25, -0.2) is 4.98 Å². The predicted octanol–water partition coefficient (Wildman–Crippen LogP) is 2.97. The SMILES string of the molecule is COCc1nc(CN[C@H]2CCO[C@H](CC(C)C)C2)cs1. The largest absolute Gasteiger partial charge is 0.378 e. The highest BCUT2D eigenvalue weighted by molar-refractivity contribution is 7.09. The van der Waals surface area contributed by atoms with Gasteiger partial charge in [-0.2, -0.15) is 0 Å². The summed E-state index contributed by atoms with van der Waals surface area (Å²) in [6.45, 7) is 6.85. The monoisotopic (exact) mass is 298 g/mol. The van der Waals surface area contributed by atoms with E-state index in [9.17, 15) is 0 Å². The van der Waals surface area contributed by atoms with Gasteiger partial charge in [-0.1, -0.05) is 13.8 Å². The van der Waals surface area contributed by atoms with Crippen LogP contribution in [-0.2, 0) is 22.6 Å². The van der Waals surface area contributed by atoms with E-state index in [0.29, 0.717) is 24.7 Å². The lowest BCUT2D eigenvalue weighted by Gasteiger charge is -2.31. The summed E-state index contributed by atoms with van der Waals surface area (Å²) in [5, 5.41) is 6.79. The first kappa shape index (κ1) is 15.9. The lowest BCUT2D eigenvalue weighted by Crippen LogP contribution is -2.39. The maximum atomic E-state index is 5.84. The van der Waals surface area contributed by atoms with E-state index in [1.807, 2.05) is 0 Å². The maximum Gasteiger partial charge on any atom is 0.119 e. The smallest absolute Gasteiger partial charge is 0.119 e. The van der Waals surface area contributed by atoms with Crippen molar-refractivity contribution in [3.63, 3.8) is 0 Å². The molecule has 0 saturated carbocycles. The summed E-state index contributed by atoms with van der Waals surface area (Å²) < 4.78 is 10.9. The molecule has 1 saturated heterocycles. The van der Waals surface area contributed by atoms with Crippen LogP contribution in [0.25, 0.3) is 0 Å². The Balaban J connectivity index is 1.75. The Labute approximate surface area is 125 Å². The number of hydrogen-bond donors (Lipinski definition) is 1. The molecular formula is C15H26N2O2S. The van der Waals surface area contributed by atoms with Crippen molar-refractivity contribution < 1.29 is 9.47 Å². The minimum atomic E-state index is 0.417. The first-order chi connectivity index (χ1) is 9.67. The molecule has 1 N–H and O–H groups in total. The Morgan fingerprint density at radius 2 is 2.40 bits per heavy atom. The third-order valence-corrected chi connectivity index (χ3v) is 4.41. The zero-order chi connectivity index (χ0) is 14.4. The van der Waals surface area contributed by atoms with Crippen LogP contribution in [0.15, 0.2) is 5.38 Å². The van der Waals surface area contributed by atoms with Crippen molar-refractivity contribution in [2.45, 2.75) is 58.4 Å². The molecule has 1 fully saturated rings. The molecule has 0 radical (unpaired) electrons. The number of methoxy groups -OCH3 is 1. The van der Waals surface area contributed by atoms with E-state index in [-0.39, 0.29) is 0 Å². The molecule has 1 aromatic rings. The molecule has 1 aliphatic rings. The number of thiazole rings is 1. The van der Waals surface area contributed by atoms with Crippen molar-refractivity contribution in [3.8, 4) is 0 Å². The first-order valence-electron chi connectivity index (χ1n) is 7.44. The van der Waals surface area contributed by atoms with Crippen molar-refractivity contribution in [1.82, 2.24) is 10.3 Å². The Kier molecular flexibility index (Phi) is 6.42. The fourth-order valence-electron chi connectivity index (χ4n) is 2.62. The first-order valence-corrected chi connectivity index (χ1v) is 8.32. The predicted molar refractivity (Wildman–Crippen MR) is 81.9 cm³/mol. The molecule has 2 atom stereocenters. The molecule has 0 amide bonds. The molecule has 2 rings (SSSR count). The molecule has 0 spiro atoms. The molecule has 0 bridgehead atoms. The van der Waals surface area contributed by atoms with Gasteiger partial charge in [-0.15, -0.1) is 11.3 Å². The lowest BCUT2D eigenvalue weighted by molar-refractivity contribution is -0.00961. The summed E-state index contributed by atoms with van der Waals surface area (Å²) in [7, 11) is 1.70. The molecule has 114 valence electrons. The van der Waals surface area contributed by atoms with Crippen LogP contribution in [0.3, 0.4) is 0 Å². The minimum absolute atomic E-state index is 0.417. The molecule has 4 nitrogen and oxygen atoms in total. The average molecular weight is 298 g/mol. The van der Waals surface area contributed by atoms with Gasteiger partial charge in [0.05, 0.1) is 18.4 Å². The van der Waals surface area contributed by atoms with Crippen molar-refractivity contribution in [1.29, 1.82) is 0 Å². The lowest BCUT2D eigenvalue weighted by atomic mass is 9.96. The molecule has 2 heterocycles. The van der Waals surface area contributed by atoms with Crippen molar-refractivity contribution in [2.75, 3.05) is 13.7 Å². The molecule has 20 heavy (non-hydrogen) atoms. The van der Waals surface area contributed by atoms with E-state index < -0.39 is 0 Å². The third-order valence-electron chi connectivity index (χ3n) is 3.54. The van der Waals surface area contributed by atoms with E-state index in [2.05, 4.69) is 29.5 Å². The van der Waals surface area contributed by atoms with E-state index in [4.69, 9.17) is 9.47 Å². The Hall–Kier alpha value is -0.490. The summed E-state index contributed by atoms with van der Waals surface area (Å²) in [5.41, 5.74) is 1.12. The van der Waals surface area contributed by atoms with Crippen LogP contribution in [0.5, 0.6) is 0 Å². The van der Waals surface area contributed by atoms with Gasteiger partial charge in [0.25, 0.3) is 0 Å². The number of nitrogens with zero attached hydrogens (tertiary/aromatic N) is 1. The highest BCUT2D eigenvalue weighted by atomic mass is 32.1. The number of aromatic nitrogens is 1. The van der Waals surface area contributed by atoms with Gasteiger partial charge in [0.2, 0.25) is 0 Å².